The van der Waals surface area contributed by atoms with Gasteiger partial charge in [-0.05, 0) is 49.9 Å². The van der Waals surface area contributed by atoms with Crippen molar-refractivity contribution in [3.05, 3.63) is 24.3 Å². The summed E-state index contributed by atoms with van der Waals surface area (Å²) < 4.78 is 0.797. The van der Waals surface area contributed by atoms with Crippen molar-refractivity contribution < 1.29 is 4.79 Å². The number of benzene rings is 1. The predicted molar refractivity (Wildman–Crippen MR) is 110 cm³/mol. The lowest BCUT2D eigenvalue weighted by Crippen LogP contribution is -2.32. The van der Waals surface area contributed by atoms with Gasteiger partial charge in [0.05, 0.1) is 5.75 Å². The third-order valence-electron chi connectivity index (χ3n) is 4.36. The van der Waals surface area contributed by atoms with Crippen LogP contribution in [0.15, 0.2) is 28.6 Å². The summed E-state index contributed by atoms with van der Waals surface area (Å²) in [5.74, 6) is 1.12. The van der Waals surface area contributed by atoms with Crippen LogP contribution in [-0.4, -0.2) is 41.5 Å². The summed E-state index contributed by atoms with van der Waals surface area (Å²) >= 11 is 2.87. The maximum absolute atomic E-state index is 12.1. The van der Waals surface area contributed by atoms with Gasteiger partial charge in [-0.15, -0.1) is 10.2 Å². The summed E-state index contributed by atoms with van der Waals surface area (Å²) in [6, 6.07) is 8.13. The highest BCUT2D eigenvalue weighted by Crippen LogP contribution is 2.26. The molecule has 2 N–H and O–H groups in total. The zero-order valence-corrected chi connectivity index (χ0v) is 16.8. The first-order valence-electron chi connectivity index (χ1n) is 8.99. The molecule has 1 fully saturated rings. The molecule has 3 rings (SSSR count). The summed E-state index contributed by atoms with van der Waals surface area (Å²) in [5, 5.41) is 14.9. The van der Waals surface area contributed by atoms with Crippen molar-refractivity contribution in [1.29, 1.82) is 0 Å². The minimum Gasteiger partial charge on any atom is -0.372 e. The van der Waals surface area contributed by atoms with E-state index in [-0.39, 0.29) is 5.91 Å². The largest absolute Gasteiger partial charge is 0.372 e. The number of amides is 1. The Labute approximate surface area is 162 Å². The molecule has 0 radical (unpaired) electrons. The molecule has 0 unspecified atom stereocenters. The highest BCUT2D eigenvalue weighted by atomic mass is 32.2. The van der Waals surface area contributed by atoms with Gasteiger partial charge in [0.2, 0.25) is 11.0 Å². The number of anilines is 3. The molecule has 0 saturated carbocycles. The summed E-state index contributed by atoms with van der Waals surface area (Å²) in [7, 11) is 0. The van der Waals surface area contributed by atoms with Crippen molar-refractivity contribution in [1.82, 2.24) is 10.2 Å². The average Bonchev–Trinajstić information content (AvgIpc) is 3.09. The van der Waals surface area contributed by atoms with E-state index in [9.17, 15) is 4.79 Å². The van der Waals surface area contributed by atoms with E-state index in [2.05, 4.69) is 44.8 Å². The van der Waals surface area contributed by atoms with E-state index in [0.29, 0.717) is 5.75 Å². The number of carbonyl (C=O) groups excluding carboxylic acids is 1. The van der Waals surface area contributed by atoms with Crippen LogP contribution in [0.25, 0.3) is 0 Å². The Hall–Kier alpha value is -1.80. The molecule has 1 saturated heterocycles. The molecule has 1 aliphatic rings. The maximum Gasteiger partial charge on any atom is 0.234 e. The van der Waals surface area contributed by atoms with Gasteiger partial charge in [0.1, 0.15) is 0 Å². The highest BCUT2D eigenvalue weighted by molar-refractivity contribution is 8.01. The molecule has 0 aliphatic carbocycles. The van der Waals surface area contributed by atoms with Crippen LogP contribution in [0, 0.1) is 5.92 Å². The number of piperidine rings is 1. The molecule has 2 heterocycles. The lowest BCUT2D eigenvalue weighted by Gasteiger charge is -2.32. The number of aromatic nitrogens is 2. The van der Waals surface area contributed by atoms with E-state index in [0.717, 1.165) is 40.7 Å². The minimum atomic E-state index is -0.0326. The van der Waals surface area contributed by atoms with Crippen molar-refractivity contribution in [2.75, 3.05) is 40.9 Å². The second kappa shape index (κ2) is 9.23. The third-order valence-corrected chi connectivity index (χ3v) is 6.38. The van der Waals surface area contributed by atoms with Crippen molar-refractivity contribution in [2.24, 2.45) is 5.92 Å². The van der Waals surface area contributed by atoms with Crippen LogP contribution in [0.3, 0.4) is 0 Å². The standard InChI is InChI=1S/C18H25N5OS2/c1-3-19-17-21-22-18(26-17)25-12-16(24)20-14-4-6-15(7-5-14)23-10-8-13(2)9-11-23/h4-7,13H,3,8-12H2,1-2H3,(H,19,21)(H,20,24). The third kappa shape index (κ3) is 5.35. The van der Waals surface area contributed by atoms with E-state index in [1.807, 2.05) is 19.1 Å². The van der Waals surface area contributed by atoms with Crippen LogP contribution in [0.2, 0.25) is 0 Å². The van der Waals surface area contributed by atoms with E-state index in [1.54, 1.807) is 0 Å². The van der Waals surface area contributed by atoms with Crippen molar-refractivity contribution >= 4 is 45.5 Å². The Balaban J connectivity index is 1.46. The van der Waals surface area contributed by atoms with Gasteiger partial charge in [-0.25, -0.2) is 0 Å². The Morgan fingerprint density at radius 2 is 2.00 bits per heavy atom. The number of nitrogens with zero attached hydrogens (tertiary/aromatic N) is 3. The monoisotopic (exact) mass is 391 g/mol. The normalized spacial score (nSPS) is 15.1. The molecule has 2 aromatic rings. The van der Waals surface area contributed by atoms with Gasteiger partial charge in [0, 0.05) is 31.0 Å². The summed E-state index contributed by atoms with van der Waals surface area (Å²) in [6.07, 6.45) is 2.49. The first-order valence-corrected chi connectivity index (χ1v) is 10.8. The minimum absolute atomic E-state index is 0.0326. The number of thioether (sulfide) groups is 1. The summed E-state index contributed by atoms with van der Waals surface area (Å²) in [4.78, 5) is 14.6. The molecular weight excluding hydrogens is 366 g/mol. The van der Waals surface area contributed by atoms with Crippen LogP contribution in [0.1, 0.15) is 26.7 Å². The highest BCUT2D eigenvalue weighted by Gasteiger charge is 2.16. The van der Waals surface area contributed by atoms with E-state index < -0.39 is 0 Å². The van der Waals surface area contributed by atoms with Gasteiger partial charge < -0.3 is 15.5 Å². The van der Waals surface area contributed by atoms with Crippen LogP contribution in [-0.2, 0) is 4.79 Å². The summed E-state index contributed by atoms with van der Waals surface area (Å²) in [6.45, 7) is 7.36. The molecule has 1 aromatic heterocycles. The fourth-order valence-electron chi connectivity index (χ4n) is 2.84. The Kier molecular flexibility index (Phi) is 6.73. The first kappa shape index (κ1) is 19.0. The van der Waals surface area contributed by atoms with Gasteiger partial charge in [0.25, 0.3) is 0 Å². The zero-order valence-electron chi connectivity index (χ0n) is 15.2. The molecule has 0 spiro atoms. The fourth-order valence-corrected chi connectivity index (χ4v) is 4.46. The zero-order chi connectivity index (χ0) is 18.4. The van der Waals surface area contributed by atoms with Gasteiger partial charge >= 0.3 is 0 Å². The molecule has 0 atom stereocenters. The number of rotatable bonds is 7. The van der Waals surface area contributed by atoms with Crippen molar-refractivity contribution in [3.8, 4) is 0 Å². The molecule has 26 heavy (non-hydrogen) atoms. The molecule has 140 valence electrons. The van der Waals surface area contributed by atoms with Crippen LogP contribution < -0.4 is 15.5 Å². The smallest absolute Gasteiger partial charge is 0.234 e. The fraction of sp³-hybridized carbons (Fsp3) is 0.500. The number of hydrogen-bond acceptors (Lipinski definition) is 7. The second-order valence-corrected chi connectivity index (χ2v) is 8.66. The Morgan fingerprint density at radius 3 is 2.69 bits per heavy atom. The van der Waals surface area contributed by atoms with Crippen molar-refractivity contribution in [2.45, 2.75) is 31.0 Å². The summed E-state index contributed by atoms with van der Waals surface area (Å²) in [5.41, 5.74) is 2.06. The van der Waals surface area contributed by atoms with Crippen LogP contribution in [0.5, 0.6) is 0 Å². The van der Waals surface area contributed by atoms with Crippen LogP contribution >= 0.6 is 23.1 Å². The second-order valence-electron chi connectivity index (χ2n) is 6.46. The lowest BCUT2D eigenvalue weighted by molar-refractivity contribution is -0.113. The number of hydrogen-bond donors (Lipinski definition) is 2. The van der Waals surface area contributed by atoms with Gasteiger partial charge in [0.15, 0.2) is 4.34 Å². The van der Waals surface area contributed by atoms with E-state index in [4.69, 9.17) is 0 Å². The number of nitrogens with one attached hydrogen (secondary N) is 2. The van der Waals surface area contributed by atoms with Gasteiger partial charge in [-0.1, -0.05) is 30.0 Å². The van der Waals surface area contributed by atoms with E-state index in [1.165, 1.54) is 41.6 Å². The SMILES string of the molecule is CCNc1nnc(SCC(=O)Nc2ccc(N3CCC(C)CC3)cc2)s1. The Bertz CT molecular complexity index is 711. The molecule has 1 aromatic carbocycles. The molecule has 1 amide bonds. The molecular formula is C18H25N5OS2. The van der Waals surface area contributed by atoms with Crippen LogP contribution in [0.4, 0.5) is 16.5 Å². The number of carbonyl (C=O) groups is 1. The topological polar surface area (TPSA) is 70.1 Å². The van der Waals surface area contributed by atoms with Gasteiger partial charge in [-0.2, -0.15) is 0 Å². The molecule has 8 heteroatoms. The molecule has 0 bridgehead atoms. The Morgan fingerprint density at radius 1 is 1.27 bits per heavy atom. The molecule has 1 aliphatic heterocycles. The quantitative estimate of drug-likeness (QED) is 0.697. The predicted octanol–water partition coefficient (Wildman–Crippen LogP) is 3.94. The lowest BCUT2D eigenvalue weighted by atomic mass is 9.99. The molecule has 6 nitrogen and oxygen atoms in total. The van der Waals surface area contributed by atoms with E-state index >= 15 is 0 Å². The van der Waals surface area contributed by atoms with Crippen molar-refractivity contribution in [3.63, 3.8) is 0 Å². The first-order chi connectivity index (χ1) is 12.6. The maximum atomic E-state index is 12.1. The average molecular weight is 392 g/mol. The van der Waals surface area contributed by atoms with Gasteiger partial charge in [-0.3, -0.25) is 4.79 Å².